The van der Waals surface area contributed by atoms with Gasteiger partial charge in [0, 0.05) is 37.3 Å². The maximum absolute atomic E-state index is 13.4. The second-order valence-corrected chi connectivity index (χ2v) is 7.72. The molecule has 0 spiro atoms. The highest BCUT2D eigenvalue weighted by Gasteiger charge is 2.25. The van der Waals surface area contributed by atoms with Gasteiger partial charge in [0.25, 0.3) is 5.91 Å². The number of anilines is 1. The van der Waals surface area contributed by atoms with E-state index < -0.39 is 0 Å². The van der Waals surface area contributed by atoms with Gasteiger partial charge in [-0.15, -0.1) is 0 Å². The van der Waals surface area contributed by atoms with Crippen molar-refractivity contribution in [2.45, 2.75) is 19.8 Å². The summed E-state index contributed by atoms with van der Waals surface area (Å²) >= 11 is 0. The molecule has 0 bridgehead atoms. The van der Waals surface area contributed by atoms with Crippen LogP contribution in [0.1, 0.15) is 35.8 Å². The quantitative estimate of drug-likeness (QED) is 0.666. The van der Waals surface area contributed by atoms with E-state index in [2.05, 4.69) is 24.8 Å². The smallest absolute Gasteiger partial charge is 0.254 e. The van der Waals surface area contributed by atoms with Crippen molar-refractivity contribution in [3.8, 4) is 5.75 Å². The lowest BCUT2D eigenvalue weighted by Crippen LogP contribution is -2.49. The maximum atomic E-state index is 13.4. The molecule has 29 heavy (non-hydrogen) atoms. The minimum Gasteiger partial charge on any atom is -0.495 e. The number of benzene rings is 2. The molecule has 0 unspecified atom stereocenters. The number of carbonyl (C=O) groups is 1. The van der Waals surface area contributed by atoms with Gasteiger partial charge in [-0.2, -0.15) is 0 Å². The molecule has 0 saturated carbocycles. The number of methoxy groups -OCH3 is 1. The molecule has 0 N–H and O–H groups in total. The zero-order valence-electron chi connectivity index (χ0n) is 17.3. The Balaban J connectivity index is 1.57. The number of ether oxygens (including phenoxy) is 1. The predicted molar refractivity (Wildman–Crippen MR) is 117 cm³/mol. The number of carbonyl (C=O) groups excluding carboxylic acids is 1. The molecule has 0 atom stereocenters. The molecule has 4 rings (SSSR count). The summed E-state index contributed by atoms with van der Waals surface area (Å²) in [7, 11) is 1.69. The molecule has 0 radical (unpaired) electrons. The lowest BCUT2D eigenvalue weighted by molar-refractivity contribution is 0.0748. The number of hydrogen-bond donors (Lipinski definition) is 0. The third kappa shape index (κ3) is 3.77. The van der Waals surface area contributed by atoms with E-state index in [1.165, 1.54) is 0 Å². The van der Waals surface area contributed by atoms with Crippen molar-refractivity contribution >= 4 is 22.5 Å². The number of fused-ring (bicyclic) bond motifs is 1. The molecule has 1 fully saturated rings. The zero-order chi connectivity index (χ0) is 20.4. The first-order valence-electron chi connectivity index (χ1n) is 10.2. The molecule has 3 aromatic rings. The second kappa shape index (κ2) is 8.11. The first kappa shape index (κ1) is 19.2. The van der Waals surface area contributed by atoms with E-state index in [1.54, 1.807) is 7.11 Å². The Morgan fingerprint density at radius 1 is 1.00 bits per heavy atom. The van der Waals surface area contributed by atoms with Crippen LogP contribution in [0.15, 0.2) is 54.6 Å². The molecular weight excluding hydrogens is 362 g/mol. The summed E-state index contributed by atoms with van der Waals surface area (Å²) < 4.78 is 5.50. The van der Waals surface area contributed by atoms with Crippen LogP contribution in [0, 0.1) is 0 Å². The van der Waals surface area contributed by atoms with Gasteiger partial charge in [0.15, 0.2) is 0 Å². The third-order valence-electron chi connectivity index (χ3n) is 5.55. The van der Waals surface area contributed by atoms with E-state index >= 15 is 0 Å². The summed E-state index contributed by atoms with van der Waals surface area (Å²) in [4.78, 5) is 22.4. The van der Waals surface area contributed by atoms with Gasteiger partial charge in [-0.1, -0.05) is 44.2 Å². The van der Waals surface area contributed by atoms with Crippen LogP contribution in [0.25, 0.3) is 10.9 Å². The van der Waals surface area contributed by atoms with E-state index in [0.717, 1.165) is 46.7 Å². The van der Waals surface area contributed by atoms with Gasteiger partial charge in [0.1, 0.15) is 5.75 Å². The Morgan fingerprint density at radius 3 is 2.41 bits per heavy atom. The summed E-state index contributed by atoms with van der Waals surface area (Å²) in [5, 5.41) is 0.925. The highest BCUT2D eigenvalue weighted by molar-refractivity contribution is 6.06. The summed E-state index contributed by atoms with van der Waals surface area (Å²) in [5.41, 5.74) is 3.68. The number of rotatable bonds is 4. The minimum atomic E-state index is 0.0881. The van der Waals surface area contributed by atoms with Crippen LogP contribution in [-0.4, -0.2) is 49.1 Å². The monoisotopic (exact) mass is 389 g/mol. The van der Waals surface area contributed by atoms with Crippen molar-refractivity contribution in [3.05, 3.63) is 65.9 Å². The van der Waals surface area contributed by atoms with Gasteiger partial charge < -0.3 is 14.5 Å². The lowest BCUT2D eigenvalue weighted by Gasteiger charge is -2.36. The van der Waals surface area contributed by atoms with Crippen LogP contribution >= 0.6 is 0 Å². The molecule has 5 nitrogen and oxygen atoms in total. The molecule has 1 aromatic heterocycles. The van der Waals surface area contributed by atoms with Crippen molar-refractivity contribution in [1.82, 2.24) is 9.88 Å². The molecule has 1 aliphatic rings. The maximum Gasteiger partial charge on any atom is 0.254 e. The van der Waals surface area contributed by atoms with E-state index in [9.17, 15) is 4.79 Å². The second-order valence-electron chi connectivity index (χ2n) is 7.72. The zero-order valence-corrected chi connectivity index (χ0v) is 17.3. The molecule has 1 saturated heterocycles. The SMILES string of the molecule is COc1ccccc1N1CCN(C(=O)c2cc(C(C)C)nc3ccccc23)CC1. The fourth-order valence-electron chi connectivity index (χ4n) is 3.88. The van der Waals surface area contributed by atoms with E-state index in [4.69, 9.17) is 9.72 Å². The van der Waals surface area contributed by atoms with Gasteiger partial charge in [0.2, 0.25) is 0 Å². The van der Waals surface area contributed by atoms with Crippen molar-refractivity contribution in [1.29, 1.82) is 0 Å². The summed E-state index contributed by atoms with van der Waals surface area (Å²) in [5.74, 6) is 1.23. The van der Waals surface area contributed by atoms with Crippen LogP contribution in [0.5, 0.6) is 5.75 Å². The number of hydrogen-bond acceptors (Lipinski definition) is 4. The molecule has 2 heterocycles. The van der Waals surface area contributed by atoms with Gasteiger partial charge >= 0.3 is 0 Å². The molecule has 1 aliphatic heterocycles. The molecule has 1 amide bonds. The Bertz CT molecular complexity index is 1020. The first-order chi connectivity index (χ1) is 14.1. The van der Waals surface area contributed by atoms with Crippen molar-refractivity contribution in [2.24, 2.45) is 0 Å². The lowest BCUT2D eigenvalue weighted by atomic mass is 10.0. The van der Waals surface area contributed by atoms with Gasteiger partial charge in [0.05, 0.1) is 23.9 Å². The molecule has 150 valence electrons. The largest absolute Gasteiger partial charge is 0.495 e. The van der Waals surface area contributed by atoms with Crippen molar-refractivity contribution < 1.29 is 9.53 Å². The van der Waals surface area contributed by atoms with Gasteiger partial charge in [-0.25, -0.2) is 0 Å². The van der Waals surface area contributed by atoms with E-state index in [1.807, 2.05) is 53.4 Å². The van der Waals surface area contributed by atoms with E-state index in [0.29, 0.717) is 13.1 Å². The molecule has 0 aliphatic carbocycles. The average molecular weight is 389 g/mol. The summed E-state index contributed by atoms with van der Waals surface area (Å²) in [6.07, 6.45) is 0. The Morgan fingerprint density at radius 2 is 1.69 bits per heavy atom. The minimum absolute atomic E-state index is 0.0881. The number of para-hydroxylation sites is 3. The van der Waals surface area contributed by atoms with Crippen LogP contribution < -0.4 is 9.64 Å². The summed E-state index contributed by atoms with van der Waals surface area (Å²) in [6, 6.07) is 17.9. The highest BCUT2D eigenvalue weighted by atomic mass is 16.5. The van der Waals surface area contributed by atoms with Crippen LogP contribution in [0.4, 0.5) is 5.69 Å². The first-order valence-corrected chi connectivity index (χ1v) is 10.2. The normalized spacial score (nSPS) is 14.5. The number of nitrogens with zero attached hydrogens (tertiary/aromatic N) is 3. The van der Waals surface area contributed by atoms with Gasteiger partial charge in [-0.05, 0) is 30.2 Å². The summed E-state index contributed by atoms with van der Waals surface area (Å²) in [6.45, 7) is 7.15. The van der Waals surface area contributed by atoms with E-state index in [-0.39, 0.29) is 11.8 Å². The standard InChI is InChI=1S/C24H27N3O2/c1-17(2)21-16-19(18-8-4-5-9-20(18)25-21)24(28)27-14-12-26(13-15-27)22-10-6-7-11-23(22)29-3/h4-11,16-17H,12-15H2,1-3H3. The topological polar surface area (TPSA) is 45.7 Å². The van der Waals surface area contributed by atoms with Crippen LogP contribution in [-0.2, 0) is 0 Å². The molecule has 5 heteroatoms. The highest BCUT2D eigenvalue weighted by Crippen LogP contribution is 2.29. The number of piperazine rings is 1. The molecular formula is C24H27N3O2. The van der Waals surface area contributed by atoms with Crippen molar-refractivity contribution in [3.63, 3.8) is 0 Å². The fourth-order valence-corrected chi connectivity index (χ4v) is 3.88. The van der Waals surface area contributed by atoms with Crippen LogP contribution in [0.2, 0.25) is 0 Å². The fraction of sp³-hybridized carbons (Fsp3) is 0.333. The van der Waals surface area contributed by atoms with Crippen LogP contribution in [0.3, 0.4) is 0 Å². The Kier molecular flexibility index (Phi) is 5.38. The number of aromatic nitrogens is 1. The Labute approximate surface area is 171 Å². The molecule has 2 aromatic carbocycles. The Hall–Kier alpha value is -3.08. The van der Waals surface area contributed by atoms with Crippen molar-refractivity contribution in [2.75, 3.05) is 38.2 Å². The third-order valence-corrected chi connectivity index (χ3v) is 5.55. The number of amides is 1. The number of pyridine rings is 1. The average Bonchev–Trinajstić information content (AvgIpc) is 2.77. The predicted octanol–water partition coefficient (Wildman–Crippen LogP) is 4.33. The van der Waals surface area contributed by atoms with Gasteiger partial charge in [-0.3, -0.25) is 9.78 Å².